The molecule has 1 fully saturated rings. The SMILES string of the molecule is C=C(CCO)c1ccc2c(c1)C(=O)N(Cc1ccc(Cl)cn1)C2(OCC1(CO)CC1)c1ccc(Cl)cc1.CC.CC. The minimum Gasteiger partial charge on any atom is -0.396 e. The van der Waals surface area contributed by atoms with Crippen LogP contribution in [0.1, 0.15) is 79.7 Å². The molecule has 2 aliphatic rings. The Balaban J connectivity index is 0.00000111. The zero-order chi connectivity index (χ0) is 30.2. The Morgan fingerprint density at radius 3 is 2.22 bits per heavy atom. The lowest BCUT2D eigenvalue weighted by Gasteiger charge is -2.40. The first-order valence-electron chi connectivity index (χ1n) is 14.2. The second-order valence-corrected chi connectivity index (χ2v) is 10.7. The molecule has 0 radical (unpaired) electrons. The molecule has 2 aromatic carbocycles. The van der Waals surface area contributed by atoms with Gasteiger partial charge in [0.05, 0.1) is 30.5 Å². The van der Waals surface area contributed by atoms with Crippen LogP contribution < -0.4 is 0 Å². The van der Waals surface area contributed by atoms with Crippen molar-refractivity contribution in [3.63, 3.8) is 0 Å². The summed E-state index contributed by atoms with van der Waals surface area (Å²) in [4.78, 5) is 20.2. The third-order valence-electron chi connectivity index (χ3n) is 7.29. The third-order valence-corrected chi connectivity index (χ3v) is 7.76. The van der Waals surface area contributed by atoms with E-state index in [4.69, 9.17) is 27.9 Å². The summed E-state index contributed by atoms with van der Waals surface area (Å²) in [5, 5.41) is 20.5. The van der Waals surface area contributed by atoms with Crippen molar-refractivity contribution in [3.8, 4) is 0 Å². The van der Waals surface area contributed by atoms with Crippen molar-refractivity contribution in [1.82, 2.24) is 9.88 Å². The highest BCUT2D eigenvalue weighted by atomic mass is 35.5. The van der Waals surface area contributed by atoms with Crippen molar-refractivity contribution in [2.24, 2.45) is 5.41 Å². The summed E-state index contributed by atoms with van der Waals surface area (Å²) in [6, 6.07) is 16.4. The average molecular weight is 600 g/mol. The van der Waals surface area contributed by atoms with E-state index in [2.05, 4.69) is 11.6 Å². The number of hydrogen-bond acceptors (Lipinski definition) is 5. The molecule has 41 heavy (non-hydrogen) atoms. The zero-order valence-corrected chi connectivity index (χ0v) is 25.8. The highest BCUT2D eigenvalue weighted by Crippen LogP contribution is 2.51. The van der Waals surface area contributed by atoms with Gasteiger partial charge in [-0.25, -0.2) is 0 Å². The molecule has 5 rings (SSSR count). The van der Waals surface area contributed by atoms with E-state index in [1.54, 1.807) is 35.4 Å². The van der Waals surface area contributed by atoms with Crippen LogP contribution in [0.3, 0.4) is 0 Å². The van der Waals surface area contributed by atoms with Crippen molar-refractivity contribution in [3.05, 3.63) is 105 Å². The molecule has 0 saturated heterocycles. The highest BCUT2D eigenvalue weighted by Gasteiger charge is 2.54. The summed E-state index contributed by atoms with van der Waals surface area (Å²) in [5.74, 6) is -0.214. The fraction of sp³-hybridized carbons (Fsp3) is 0.394. The van der Waals surface area contributed by atoms with Gasteiger partial charge in [0, 0.05) is 39.9 Å². The van der Waals surface area contributed by atoms with Crippen molar-refractivity contribution in [1.29, 1.82) is 0 Å². The number of hydrogen-bond donors (Lipinski definition) is 2. The van der Waals surface area contributed by atoms with Gasteiger partial charge in [0.2, 0.25) is 0 Å². The van der Waals surface area contributed by atoms with Gasteiger partial charge in [0.25, 0.3) is 5.91 Å². The van der Waals surface area contributed by atoms with Gasteiger partial charge in [-0.15, -0.1) is 0 Å². The van der Waals surface area contributed by atoms with Crippen molar-refractivity contribution in [2.45, 2.75) is 59.2 Å². The lowest BCUT2D eigenvalue weighted by Crippen LogP contribution is -2.47. The fourth-order valence-electron chi connectivity index (χ4n) is 4.80. The van der Waals surface area contributed by atoms with Crippen LogP contribution in [0, 0.1) is 5.41 Å². The van der Waals surface area contributed by atoms with Gasteiger partial charge in [0.15, 0.2) is 5.72 Å². The minimum atomic E-state index is -1.26. The molecule has 1 aliphatic heterocycles. The van der Waals surface area contributed by atoms with E-state index in [-0.39, 0.29) is 37.7 Å². The molecule has 0 spiro atoms. The summed E-state index contributed by atoms with van der Waals surface area (Å²) in [7, 11) is 0. The Kier molecular flexibility index (Phi) is 11.5. The van der Waals surface area contributed by atoms with Gasteiger partial charge in [-0.05, 0) is 60.7 Å². The normalized spacial score (nSPS) is 18.0. The van der Waals surface area contributed by atoms with Crippen LogP contribution in [0.4, 0.5) is 0 Å². The van der Waals surface area contributed by atoms with Gasteiger partial charge in [0.1, 0.15) is 0 Å². The first kappa shape index (κ1) is 32.8. The Hall–Kier alpha value is -2.74. The number of carbonyl (C=O) groups is 1. The molecule has 1 unspecified atom stereocenters. The summed E-state index contributed by atoms with van der Waals surface area (Å²) < 4.78 is 6.77. The van der Waals surface area contributed by atoms with Crippen LogP contribution in [-0.4, -0.2) is 45.8 Å². The molecule has 1 amide bonds. The van der Waals surface area contributed by atoms with Gasteiger partial charge in [-0.2, -0.15) is 0 Å². The smallest absolute Gasteiger partial charge is 0.257 e. The number of amides is 1. The van der Waals surface area contributed by atoms with E-state index in [0.717, 1.165) is 29.5 Å². The summed E-state index contributed by atoms with van der Waals surface area (Å²) in [5.41, 5.74) is 2.54. The maximum absolute atomic E-state index is 14.1. The summed E-state index contributed by atoms with van der Waals surface area (Å²) in [6.07, 6.45) is 3.68. The average Bonchev–Trinajstić information content (AvgIpc) is 3.76. The van der Waals surface area contributed by atoms with Crippen LogP contribution in [0.5, 0.6) is 0 Å². The molecular weight excluding hydrogens is 559 g/mol. The van der Waals surface area contributed by atoms with E-state index < -0.39 is 5.72 Å². The molecule has 1 saturated carbocycles. The molecule has 1 atom stereocenters. The number of rotatable bonds is 10. The monoisotopic (exact) mass is 598 g/mol. The molecule has 6 nitrogen and oxygen atoms in total. The van der Waals surface area contributed by atoms with Gasteiger partial charge < -0.3 is 14.9 Å². The molecule has 1 aliphatic carbocycles. The van der Waals surface area contributed by atoms with E-state index >= 15 is 0 Å². The quantitative estimate of drug-likeness (QED) is 0.253. The zero-order valence-electron chi connectivity index (χ0n) is 24.3. The van der Waals surface area contributed by atoms with E-state index in [1.807, 2.05) is 58.0 Å². The third kappa shape index (κ3) is 6.85. The van der Waals surface area contributed by atoms with Crippen LogP contribution in [0.2, 0.25) is 10.0 Å². The minimum absolute atomic E-state index is 0.0170. The molecule has 2 heterocycles. The van der Waals surface area contributed by atoms with Crippen LogP contribution in [-0.2, 0) is 17.0 Å². The Bertz CT molecular complexity index is 1320. The fourth-order valence-corrected chi connectivity index (χ4v) is 5.04. The number of aromatic nitrogens is 1. The van der Waals surface area contributed by atoms with E-state index in [0.29, 0.717) is 33.3 Å². The number of pyridine rings is 1. The van der Waals surface area contributed by atoms with Crippen molar-refractivity contribution in [2.75, 3.05) is 19.8 Å². The number of benzene rings is 2. The van der Waals surface area contributed by atoms with Crippen molar-refractivity contribution < 1.29 is 19.7 Å². The molecule has 220 valence electrons. The molecule has 1 aromatic heterocycles. The number of fused-ring (bicyclic) bond motifs is 1. The second kappa shape index (κ2) is 14.4. The number of halogens is 2. The summed E-state index contributed by atoms with van der Waals surface area (Å²) in [6.45, 7) is 12.5. The van der Waals surface area contributed by atoms with Crippen molar-refractivity contribution >= 4 is 34.7 Å². The van der Waals surface area contributed by atoms with Crippen LogP contribution in [0.15, 0.2) is 67.4 Å². The predicted octanol–water partition coefficient (Wildman–Crippen LogP) is 7.48. The lowest BCUT2D eigenvalue weighted by molar-refractivity contribution is -0.129. The Morgan fingerprint density at radius 2 is 1.66 bits per heavy atom. The van der Waals surface area contributed by atoms with Crippen LogP contribution >= 0.6 is 23.2 Å². The predicted molar refractivity (Wildman–Crippen MR) is 166 cm³/mol. The van der Waals surface area contributed by atoms with Crippen LogP contribution in [0.25, 0.3) is 5.57 Å². The van der Waals surface area contributed by atoms with E-state index in [1.165, 1.54) is 0 Å². The Labute approximate surface area is 253 Å². The van der Waals surface area contributed by atoms with Gasteiger partial charge in [-0.1, -0.05) is 81.7 Å². The molecular formula is C33H40Cl2N2O4. The van der Waals surface area contributed by atoms with E-state index in [9.17, 15) is 15.0 Å². The maximum Gasteiger partial charge on any atom is 0.257 e. The molecule has 8 heteroatoms. The number of aliphatic hydroxyl groups is 2. The molecule has 3 aromatic rings. The van der Waals surface area contributed by atoms with Gasteiger partial charge in [-0.3, -0.25) is 14.7 Å². The number of carbonyl (C=O) groups excluding carboxylic acids is 1. The van der Waals surface area contributed by atoms with Gasteiger partial charge >= 0.3 is 0 Å². The topological polar surface area (TPSA) is 82.9 Å². The number of ether oxygens (including phenoxy) is 1. The second-order valence-electron chi connectivity index (χ2n) is 9.79. The number of aliphatic hydroxyl groups excluding tert-OH is 2. The number of nitrogens with zero attached hydrogens (tertiary/aromatic N) is 2. The molecule has 2 N–H and O–H groups in total. The lowest BCUT2D eigenvalue weighted by atomic mass is 9.90. The molecule has 0 bridgehead atoms. The first-order chi connectivity index (χ1) is 19.8. The maximum atomic E-state index is 14.1. The summed E-state index contributed by atoms with van der Waals surface area (Å²) >= 11 is 12.3. The largest absolute Gasteiger partial charge is 0.396 e. The Morgan fingerprint density at radius 1 is 1.00 bits per heavy atom. The highest BCUT2D eigenvalue weighted by molar-refractivity contribution is 6.30. The first-order valence-corrected chi connectivity index (χ1v) is 14.9. The standard InChI is InChI=1S/C29H28Cl2N2O4.2C2H6/c1-19(10-13-34)20-2-9-26-25(14-20)27(36)33(16-24-8-7-23(31)15-32-24)29(26,21-3-5-22(30)6-4-21)37-18-28(17-35)11-12-28;2*1-2/h2-9,14-15,34-35H,1,10-13,16-18H2;2*1-2H3.